The van der Waals surface area contributed by atoms with E-state index in [4.69, 9.17) is 28.0 Å². The molecule has 19 heteroatoms. The lowest BCUT2D eigenvalue weighted by atomic mass is 10.2. The van der Waals surface area contributed by atoms with Gasteiger partial charge in [-0.2, -0.15) is 44.9 Å². The van der Waals surface area contributed by atoms with Crippen LogP contribution in [0.3, 0.4) is 0 Å². The summed E-state index contributed by atoms with van der Waals surface area (Å²) < 4.78 is 0. The molecule has 0 aliphatic heterocycles. The van der Waals surface area contributed by atoms with Crippen molar-refractivity contribution in [2.45, 2.75) is 44.9 Å². The van der Waals surface area contributed by atoms with Crippen LogP contribution in [-0.4, -0.2) is 89.3 Å². The monoisotopic (exact) mass is 572 g/mol. The smallest absolute Gasteiger partial charge is 0.229 e. The van der Waals surface area contributed by atoms with Gasteiger partial charge in [-0.15, -0.1) is 0 Å². The normalized spacial score (nSPS) is 10.8. The maximum absolute atomic E-state index is 8.87. The Morgan fingerprint density at radius 3 is 0.976 bits per heavy atom. The Kier molecular flexibility index (Phi) is 12.7. The van der Waals surface area contributed by atoms with Crippen molar-refractivity contribution >= 4 is 53.5 Å². The first-order valence-corrected chi connectivity index (χ1v) is 13.5. The van der Waals surface area contributed by atoms with Crippen LogP contribution in [0.4, 0.5) is 53.5 Å². The number of nitrogens with zero attached hydrogens (tertiary/aromatic N) is 9. The van der Waals surface area contributed by atoms with Crippen molar-refractivity contribution in [2.24, 2.45) is 0 Å². The first-order valence-electron chi connectivity index (χ1n) is 13.5. The second kappa shape index (κ2) is 17.0. The van der Waals surface area contributed by atoms with Gasteiger partial charge in [-0.3, -0.25) is 0 Å². The lowest BCUT2D eigenvalue weighted by Crippen LogP contribution is -2.14. The Morgan fingerprint density at radius 2 is 0.634 bits per heavy atom. The van der Waals surface area contributed by atoms with E-state index in [9.17, 15) is 0 Å². The van der Waals surface area contributed by atoms with Crippen LogP contribution in [0.15, 0.2) is 0 Å². The van der Waals surface area contributed by atoms with Gasteiger partial charge in [0.15, 0.2) is 0 Å². The van der Waals surface area contributed by atoms with Crippen molar-refractivity contribution in [3.8, 4) is 0 Å². The van der Waals surface area contributed by atoms with Crippen LogP contribution in [0, 0.1) is 0 Å². The number of anilines is 9. The summed E-state index contributed by atoms with van der Waals surface area (Å²) in [5.74, 6) is 2.46. The highest BCUT2D eigenvalue weighted by Crippen LogP contribution is 2.10. The number of hydrogen-bond acceptors (Lipinski definition) is 19. The van der Waals surface area contributed by atoms with Crippen LogP contribution in [0.5, 0.6) is 0 Å². The van der Waals surface area contributed by atoms with Crippen LogP contribution < -0.4 is 49.5 Å². The van der Waals surface area contributed by atoms with Gasteiger partial charge in [0.2, 0.25) is 53.5 Å². The van der Waals surface area contributed by atoms with Gasteiger partial charge in [0, 0.05) is 39.3 Å². The third kappa shape index (κ3) is 12.3. The number of aliphatic hydroxyl groups excluding tert-OH is 1. The van der Waals surface area contributed by atoms with E-state index >= 15 is 0 Å². The van der Waals surface area contributed by atoms with Gasteiger partial charge in [0.25, 0.3) is 0 Å². The second-order valence-corrected chi connectivity index (χ2v) is 8.89. The van der Waals surface area contributed by atoms with Gasteiger partial charge < -0.3 is 54.6 Å². The molecule has 3 aromatic heterocycles. The number of aliphatic hydroxyl groups is 1. The van der Waals surface area contributed by atoms with Gasteiger partial charge in [0.05, 0.1) is 0 Å². The Hall–Kier alpha value is -4.81. The highest BCUT2D eigenvalue weighted by molar-refractivity contribution is 5.41. The molecule has 224 valence electrons. The molecule has 41 heavy (non-hydrogen) atoms. The fraction of sp³-hybridized carbons (Fsp3) is 0.591. The van der Waals surface area contributed by atoms with E-state index in [0.717, 1.165) is 38.5 Å². The predicted octanol–water partition coefficient (Wildman–Crippen LogP) is -0.247. The largest absolute Gasteiger partial charge is 0.396 e. The topological polar surface area (TPSA) is 300 Å². The molecule has 0 fully saturated rings. The van der Waals surface area contributed by atoms with Crippen LogP contribution in [0.2, 0.25) is 0 Å². The molecule has 3 heterocycles. The Balaban J connectivity index is 1.28. The molecule has 0 saturated carbocycles. The number of nitrogen functional groups attached to an aromatic ring is 4. The van der Waals surface area contributed by atoms with Crippen molar-refractivity contribution in [2.75, 3.05) is 88.8 Å². The SMILES string of the molecule is Nc1nc(N)nc(NCCCCCNc2nc(N)nc(NCCCCNc3nc(N)nc(NCCCCO)n3)n2)n1. The molecule has 0 aliphatic carbocycles. The first kappa shape index (κ1) is 30.7. The Labute approximate surface area is 237 Å². The highest BCUT2D eigenvalue weighted by atomic mass is 16.2. The third-order valence-electron chi connectivity index (χ3n) is 5.43. The summed E-state index contributed by atoms with van der Waals surface area (Å²) in [7, 11) is 0. The van der Waals surface area contributed by atoms with Crippen LogP contribution >= 0.6 is 0 Å². The maximum Gasteiger partial charge on any atom is 0.229 e. The van der Waals surface area contributed by atoms with Crippen molar-refractivity contribution in [1.82, 2.24) is 44.9 Å². The van der Waals surface area contributed by atoms with Crippen LogP contribution in [0.25, 0.3) is 0 Å². The summed E-state index contributed by atoms with van der Waals surface area (Å²) in [5, 5.41) is 24.5. The van der Waals surface area contributed by atoms with Gasteiger partial charge >= 0.3 is 0 Å². The zero-order chi connectivity index (χ0) is 29.3. The lowest BCUT2D eigenvalue weighted by Gasteiger charge is -2.10. The molecule has 14 N–H and O–H groups in total. The number of rotatable bonds is 20. The van der Waals surface area contributed by atoms with Crippen molar-refractivity contribution in [1.29, 1.82) is 0 Å². The third-order valence-corrected chi connectivity index (χ3v) is 5.43. The molecule has 3 aromatic rings. The van der Waals surface area contributed by atoms with Crippen LogP contribution in [0.1, 0.15) is 44.9 Å². The van der Waals surface area contributed by atoms with Crippen molar-refractivity contribution in [3.05, 3.63) is 0 Å². The number of nitrogens with one attached hydrogen (secondary N) is 5. The molecule has 19 nitrogen and oxygen atoms in total. The molecule has 0 aliphatic rings. The summed E-state index contributed by atoms with van der Waals surface area (Å²) in [5.41, 5.74) is 22.7. The first-order chi connectivity index (χ1) is 19.9. The molecule has 0 radical (unpaired) electrons. The maximum atomic E-state index is 8.87. The molecule has 0 aromatic carbocycles. The van der Waals surface area contributed by atoms with E-state index < -0.39 is 0 Å². The van der Waals surface area contributed by atoms with E-state index in [1.54, 1.807) is 0 Å². The van der Waals surface area contributed by atoms with Crippen LogP contribution in [-0.2, 0) is 0 Å². The molecule has 3 rings (SSSR count). The summed E-state index contributed by atoms with van der Waals surface area (Å²) >= 11 is 0. The zero-order valence-corrected chi connectivity index (χ0v) is 23.0. The van der Waals surface area contributed by atoms with Gasteiger partial charge in [0.1, 0.15) is 0 Å². The van der Waals surface area contributed by atoms with Gasteiger partial charge in [-0.1, -0.05) is 0 Å². The predicted molar refractivity (Wildman–Crippen MR) is 159 cm³/mol. The number of nitrogens with two attached hydrogens (primary N) is 4. The fourth-order valence-corrected chi connectivity index (χ4v) is 3.50. The summed E-state index contributed by atoms with van der Waals surface area (Å²) in [6.07, 6.45) is 5.95. The molecular formula is C22H40N18O. The summed E-state index contributed by atoms with van der Waals surface area (Å²) in [4.78, 5) is 36.9. The Bertz CT molecular complexity index is 1180. The summed E-state index contributed by atoms with van der Waals surface area (Å²) in [6, 6.07) is 0. The van der Waals surface area contributed by atoms with E-state index in [1.807, 2.05) is 0 Å². The summed E-state index contributed by atoms with van der Waals surface area (Å²) in [6.45, 7) is 3.45. The van der Waals surface area contributed by atoms with Crippen molar-refractivity contribution < 1.29 is 5.11 Å². The van der Waals surface area contributed by atoms with E-state index in [0.29, 0.717) is 68.9 Å². The standard InChI is InChI=1S/C22H40N18O/c23-14-32-15(24)34-18(33-14)27-8-2-1-3-9-28-19-35-16(25)36-20(39-19)29-10-4-5-11-30-21-37-17(26)38-22(40-21)31-12-6-7-13-41/h41H,1-13H2,(H5,23,24,27,32,33,34)(H4,25,28,29,35,36,39)(H4,26,30,31,37,38,40). The average Bonchev–Trinajstić information content (AvgIpc) is 2.91. The fourth-order valence-electron chi connectivity index (χ4n) is 3.50. The molecule has 0 atom stereocenters. The van der Waals surface area contributed by atoms with E-state index in [-0.39, 0.29) is 30.4 Å². The molecule has 0 bridgehead atoms. The molecule has 0 amide bonds. The minimum Gasteiger partial charge on any atom is -0.396 e. The second-order valence-electron chi connectivity index (χ2n) is 8.89. The zero-order valence-electron chi connectivity index (χ0n) is 23.0. The van der Waals surface area contributed by atoms with Gasteiger partial charge in [-0.05, 0) is 44.9 Å². The number of aromatic nitrogens is 9. The lowest BCUT2D eigenvalue weighted by molar-refractivity contribution is 0.286. The Morgan fingerprint density at radius 1 is 0.366 bits per heavy atom. The van der Waals surface area contributed by atoms with E-state index in [1.165, 1.54) is 0 Å². The molecule has 0 spiro atoms. The molecular weight excluding hydrogens is 532 g/mol. The van der Waals surface area contributed by atoms with Crippen molar-refractivity contribution in [3.63, 3.8) is 0 Å². The highest BCUT2D eigenvalue weighted by Gasteiger charge is 2.06. The average molecular weight is 573 g/mol. The van der Waals surface area contributed by atoms with E-state index in [2.05, 4.69) is 71.4 Å². The number of hydrogen-bond donors (Lipinski definition) is 10. The minimum absolute atomic E-state index is 0.0861. The quantitative estimate of drug-likeness (QED) is 0.0780. The molecule has 0 unspecified atom stereocenters. The number of unbranched alkanes of at least 4 members (excludes halogenated alkanes) is 4. The minimum atomic E-state index is 0.0861. The molecule has 0 saturated heterocycles. The van der Waals surface area contributed by atoms with Gasteiger partial charge in [-0.25, -0.2) is 0 Å².